The number of fused-ring (bicyclic) bond motifs is 1. The molecule has 0 bridgehead atoms. The molecule has 0 unspecified atom stereocenters. The molecule has 0 spiro atoms. The summed E-state index contributed by atoms with van der Waals surface area (Å²) in [6.07, 6.45) is 11.4. The molecule has 304 valence electrons. The fourth-order valence-electron chi connectivity index (χ4n) is 7.47. The number of nitrogens with one attached hydrogen (secondary N) is 5. The highest BCUT2D eigenvalue weighted by Crippen LogP contribution is 2.28. The van der Waals surface area contributed by atoms with Crippen molar-refractivity contribution in [3.8, 4) is 0 Å². The second kappa shape index (κ2) is 21.6. The van der Waals surface area contributed by atoms with E-state index in [0.29, 0.717) is 37.9 Å². The topological polar surface area (TPSA) is 247 Å². The Bertz CT molecular complexity index is 1910. The van der Waals surface area contributed by atoms with Gasteiger partial charge in [0.15, 0.2) is 0 Å². The zero-order valence-electron chi connectivity index (χ0n) is 32.2. The zero-order chi connectivity index (χ0) is 40.6. The van der Waals surface area contributed by atoms with E-state index in [4.69, 9.17) is 11.5 Å². The van der Waals surface area contributed by atoms with Crippen molar-refractivity contribution in [2.75, 3.05) is 6.54 Å². The molecule has 15 heteroatoms. The van der Waals surface area contributed by atoms with E-state index in [-0.39, 0.29) is 30.7 Å². The molecular formula is C42H55N9O6. The lowest BCUT2D eigenvalue weighted by Crippen LogP contribution is -2.57. The van der Waals surface area contributed by atoms with E-state index in [9.17, 15) is 29.1 Å². The number of unbranched alkanes of at least 4 members (excludes halogenated alkanes) is 1. The molecule has 5 atom stereocenters. The van der Waals surface area contributed by atoms with Crippen LogP contribution in [0, 0.1) is 5.92 Å². The van der Waals surface area contributed by atoms with Crippen LogP contribution in [0.2, 0.25) is 0 Å². The Hall–Kier alpha value is -5.67. The van der Waals surface area contributed by atoms with Gasteiger partial charge in [0.25, 0.3) is 5.91 Å². The number of primary amides is 1. The van der Waals surface area contributed by atoms with Crippen LogP contribution in [0.3, 0.4) is 0 Å². The number of imidazole rings is 1. The van der Waals surface area contributed by atoms with Crippen LogP contribution in [0.1, 0.15) is 85.8 Å². The van der Waals surface area contributed by atoms with Crippen LogP contribution in [0.4, 0.5) is 0 Å². The summed E-state index contributed by atoms with van der Waals surface area (Å²) in [6.45, 7) is 0.438. The summed E-state index contributed by atoms with van der Waals surface area (Å²) in [4.78, 5) is 78.5. The summed E-state index contributed by atoms with van der Waals surface area (Å²) in [5.74, 6) is -2.77. The van der Waals surface area contributed by atoms with Gasteiger partial charge in [0.05, 0.1) is 36.2 Å². The number of hydrogen-bond donors (Lipinski definition) is 8. The van der Waals surface area contributed by atoms with E-state index in [1.807, 2.05) is 42.5 Å². The number of H-pyrrole nitrogens is 1. The molecule has 10 N–H and O–H groups in total. The van der Waals surface area contributed by atoms with E-state index in [1.165, 1.54) is 12.5 Å². The van der Waals surface area contributed by atoms with Gasteiger partial charge in [-0.15, -0.1) is 0 Å². The van der Waals surface area contributed by atoms with E-state index in [0.717, 1.165) is 48.4 Å². The first-order valence-corrected chi connectivity index (χ1v) is 19.8. The van der Waals surface area contributed by atoms with Gasteiger partial charge in [-0.25, -0.2) is 4.98 Å². The Morgan fingerprint density at radius 2 is 1.60 bits per heavy atom. The molecule has 0 radical (unpaired) electrons. The van der Waals surface area contributed by atoms with Crippen LogP contribution in [0.25, 0.3) is 10.8 Å². The highest BCUT2D eigenvalue weighted by atomic mass is 16.3. The summed E-state index contributed by atoms with van der Waals surface area (Å²) < 4.78 is 0. The Morgan fingerprint density at radius 1 is 0.842 bits per heavy atom. The maximum atomic E-state index is 14.3. The fraction of sp³-hybridized carbons (Fsp3) is 0.452. The van der Waals surface area contributed by atoms with Gasteiger partial charge in [-0.1, -0.05) is 74.6 Å². The molecule has 5 amide bonds. The molecule has 2 aromatic carbocycles. The lowest BCUT2D eigenvalue weighted by atomic mass is 9.83. The minimum Gasteiger partial charge on any atom is -0.390 e. The SMILES string of the molecule is NCCCC[C@H](NC(=O)C[C@H](O)[C@H](CC1CCCCC1)NC(=O)[C@H](Cc1c[nH]cn1)NC(=O)[C@H](Cc1cccc2ccccc12)NC(=O)c1cccnc1)C(N)=O. The predicted octanol–water partition coefficient (Wildman–Crippen LogP) is 2.33. The molecule has 57 heavy (non-hydrogen) atoms. The second-order valence-electron chi connectivity index (χ2n) is 14.9. The minimum atomic E-state index is -1.31. The van der Waals surface area contributed by atoms with Crippen molar-refractivity contribution in [1.82, 2.24) is 36.2 Å². The normalized spacial score (nSPS) is 15.8. The molecule has 15 nitrogen and oxygen atoms in total. The largest absolute Gasteiger partial charge is 0.390 e. The highest BCUT2D eigenvalue weighted by Gasteiger charge is 2.33. The fourth-order valence-corrected chi connectivity index (χ4v) is 7.47. The molecular weight excluding hydrogens is 727 g/mol. The summed E-state index contributed by atoms with van der Waals surface area (Å²) in [5.41, 5.74) is 12.7. The molecule has 2 aromatic heterocycles. The van der Waals surface area contributed by atoms with E-state index < -0.39 is 59.8 Å². The molecule has 4 aromatic rings. The van der Waals surface area contributed by atoms with Crippen LogP contribution in [0.5, 0.6) is 0 Å². The summed E-state index contributed by atoms with van der Waals surface area (Å²) in [5, 5.41) is 24.7. The third kappa shape index (κ3) is 12.9. The average molecular weight is 782 g/mol. The molecule has 0 saturated heterocycles. The van der Waals surface area contributed by atoms with Gasteiger partial charge in [0.1, 0.15) is 18.1 Å². The van der Waals surface area contributed by atoms with Gasteiger partial charge in [-0.3, -0.25) is 29.0 Å². The molecule has 2 heterocycles. The van der Waals surface area contributed by atoms with E-state index in [1.54, 1.807) is 24.5 Å². The quantitative estimate of drug-likeness (QED) is 0.0578. The van der Waals surface area contributed by atoms with Crippen LogP contribution >= 0.6 is 0 Å². The van der Waals surface area contributed by atoms with E-state index >= 15 is 0 Å². The van der Waals surface area contributed by atoms with Gasteiger partial charge < -0.3 is 42.8 Å². The third-order valence-electron chi connectivity index (χ3n) is 10.6. The first kappa shape index (κ1) is 42.5. The maximum absolute atomic E-state index is 14.3. The second-order valence-corrected chi connectivity index (χ2v) is 14.9. The average Bonchev–Trinajstić information content (AvgIpc) is 3.73. The Balaban J connectivity index is 1.37. The highest BCUT2D eigenvalue weighted by molar-refractivity contribution is 5.98. The standard InChI is InChI=1S/C42H55N9O6/c43-18-7-6-17-33(39(44)54)48-38(53)23-37(52)34(20-27-10-2-1-3-11-27)49-42(57)36(22-31-25-46-26-47-31)51-41(56)35(50-40(55)30-15-9-19-45-24-30)21-29-14-8-13-28-12-4-5-16-32(28)29/h4-5,8-9,12-16,19,24-27,33-37,52H,1-3,6-7,10-11,17-18,20-23,43H2,(H2,44,54)(H,46,47)(H,48,53)(H,49,57)(H,50,55)(H,51,56)/t33-,34-,35-,36-,37-/m0/s1. The first-order valence-electron chi connectivity index (χ1n) is 19.8. The molecule has 1 saturated carbocycles. The number of aromatic nitrogens is 3. The predicted molar refractivity (Wildman–Crippen MR) is 215 cm³/mol. The van der Waals surface area contributed by atoms with Crippen LogP contribution < -0.4 is 32.7 Å². The number of aliphatic hydroxyl groups excluding tert-OH is 1. The van der Waals surface area contributed by atoms with E-state index in [2.05, 4.69) is 36.2 Å². The molecule has 1 aliphatic rings. The number of nitrogens with two attached hydrogens (primary N) is 2. The number of benzene rings is 2. The smallest absolute Gasteiger partial charge is 0.253 e. The van der Waals surface area contributed by atoms with Crippen LogP contribution in [-0.4, -0.2) is 86.4 Å². The number of amides is 5. The zero-order valence-corrected chi connectivity index (χ0v) is 32.2. The van der Waals surface area contributed by atoms with Crippen molar-refractivity contribution < 1.29 is 29.1 Å². The number of rotatable bonds is 21. The van der Waals surface area contributed by atoms with Crippen molar-refractivity contribution in [3.05, 3.63) is 96.3 Å². The Labute approximate surface area is 332 Å². The first-order chi connectivity index (χ1) is 27.6. The van der Waals surface area contributed by atoms with Gasteiger partial charge in [-0.05, 0) is 66.6 Å². The van der Waals surface area contributed by atoms with Gasteiger partial charge in [0, 0.05) is 31.4 Å². The number of aromatic amines is 1. The van der Waals surface area contributed by atoms with Crippen molar-refractivity contribution in [1.29, 1.82) is 0 Å². The lowest BCUT2D eigenvalue weighted by Gasteiger charge is -2.32. The van der Waals surface area contributed by atoms with Crippen molar-refractivity contribution in [2.24, 2.45) is 17.4 Å². The van der Waals surface area contributed by atoms with Crippen LogP contribution in [-0.2, 0) is 32.0 Å². The monoisotopic (exact) mass is 781 g/mol. The molecule has 1 aliphatic carbocycles. The van der Waals surface area contributed by atoms with Crippen molar-refractivity contribution >= 4 is 40.3 Å². The Morgan fingerprint density at radius 3 is 2.32 bits per heavy atom. The number of carbonyl (C=O) groups excluding carboxylic acids is 5. The number of nitrogens with zero attached hydrogens (tertiary/aromatic N) is 2. The van der Waals surface area contributed by atoms with Gasteiger partial charge in [0.2, 0.25) is 23.6 Å². The molecule has 0 aliphatic heterocycles. The molecule has 5 rings (SSSR count). The number of carbonyl (C=O) groups is 5. The summed E-state index contributed by atoms with van der Waals surface area (Å²) in [7, 11) is 0. The number of hydrogen-bond acceptors (Lipinski definition) is 9. The lowest BCUT2D eigenvalue weighted by molar-refractivity contribution is -0.132. The minimum absolute atomic E-state index is 0.00552. The van der Waals surface area contributed by atoms with Crippen molar-refractivity contribution in [2.45, 2.75) is 107 Å². The van der Waals surface area contributed by atoms with Gasteiger partial charge in [-0.2, -0.15) is 0 Å². The third-order valence-corrected chi connectivity index (χ3v) is 10.6. The summed E-state index contributed by atoms with van der Waals surface area (Å²) >= 11 is 0. The number of aliphatic hydroxyl groups is 1. The number of pyridine rings is 1. The van der Waals surface area contributed by atoms with Crippen molar-refractivity contribution in [3.63, 3.8) is 0 Å². The Kier molecular flexibility index (Phi) is 16.1. The van der Waals surface area contributed by atoms with Gasteiger partial charge >= 0.3 is 0 Å². The summed E-state index contributed by atoms with van der Waals surface area (Å²) in [6, 6.07) is 12.7. The molecule has 1 fully saturated rings. The van der Waals surface area contributed by atoms with Crippen LogP contribution in [0.15, 0.2) is 79.5 Å². The maximum Gasteiger partial charge on any atom is 0.253 e.